The predicted molar refractivity (Wildman–Crippen MR) is 74.9 cm³/mol. The van der Waals surface area contributed by atoms with Gasteiger partial charge in [-0.3, -0.25) is 4.79 Å². The van der Waals surface area contributed by atoms with Crippen LogP contribution in [0.2, 0.25) is 0 Å². The van der Waals surface area contributed by atoms with Crippen molar-refractivity contribution in [3.8, 4) is 5.75 Å². The number of hydrogen-bond donors (Lipinski definition) is 1. The molecule has 0 atom stereocenters. The molecular weight excluding hydrogens is 316 g/mol. The van der Waals surface area contributed by atoms with E-state index in [9.17, 15) is 22.0 Å². The molecule has 0 saturated heterocycles. The van der Waals surface area contributed by atoms with E-state index in [4.69, 9.17) is 4.18 Å². The molecule has 0 radical (unpaired) electrons. The normalized spacial score (nSPS) is 11.0. The third-order valence-corrected chi connectivity index (χ3v) is 3.73. The molecule has 2 rings (SSSR count). The molecule has 0 saturated carbocycles. The van der Waals surface area contributed by atoms with Crippen molar-refractivity contribution < 1.29 is 26.2 Å². The van der Waals surface area contributed by atoms with Gasteiger partial charge in [0.15, 0.2) is 5.75 Å². The van der Waals surface area contributed by atoms with E-state index < -0.39 is 32.6 Å². The summed E-state index contributed by atoms with van der Waals surface area (Å²) in [5.41, 5.74) is 0.121. The molecule has 1 N–H and O–H groups in total. The number of anilines is 1. The second-order valence-electron chi connectivity index (χ2n) is 4.32. The van der Waals surface area contributed by atoms with E-state index >= 15 is 0 Å². The van der Waals surface area contributed by atoms with E-state index in [0.29, 0.717) is 18.2 Å². The van der Waals surface area contributed by atoms with Crippen LogP contribution in [-0.2, 0) is 14.9 Å². The van der Waals surface area contributed by atoms with Crippen LogP contribution in [0, 0.1) is 11.6 Å². The fraction of sp³-hybridized carbons (Fsp3) is 0.0714. The Labute approximate surface area is 125 Å². The number of para-hydroxylation sites is 2. The minimum Gasteiger partial charge on any atom is -0.377 e. The van der Waals surface area contributed by atoms with Crippen molar-refractivity contribution in [2.24, 2.45) is 0 Å². The highest BCUT2D eigenvalue weighted by molar-refractivity contribution is 7.87. The van der Waals surface area contributed by atoms with Crippen molar-refractivity contribution in [3.05, 3.63) is 54.1 Å². The first-order chi connectivity index (χ1) is 10.3. The molecule has 5 nitrogen and oxygen atoms in total. The number of nitrogens with one attached hydrogen (secondary N) is 1. The largest absolute Gasteiger partial charge is 0.377 e. The highest BCUT2D eigenvalue weighted by atomic mass is 32.2. The van der Waals surface area contributed by atoms with Crippen LogP contribution in [0.15, 0.2) is 47.4 Å². The molecule has 0 fully saturated rings. The van der Waals surface area contributed by atoms with Crippen LogP contribution >= 0.6 is 0 Å². The lowest BCUT2D eigenvalue weighted by molar-refractivity contribution is -0.114. The average molecular weight is 327 g/mol. The van der Waals surface area contributed by atoms with E-state index in [2.05, 4.69) is 5.32 Å². The van der Waals surface area contributed by atoms with E-state index in [0.717, 1.165) is 0 Å². The summed E-state index contributed by atoms with van der Waals surface area (Å²) < 4.78 is 55.3. The molecule has 0 aliphatic heterocycles. The molecule has 116 valence electrons. The van der Waals surface area contributed by atoms with Crippen LogP contribution in [0.4, 0.5) is 14.5 Å². The summed E-state index contributed by atoms with van der Waals surface area (Å²) in [6.45, 7) is 1.24. The molecule has 2 aromatic rings. The van der Waals surface area contributed by atoms with Gasteiger partial charge in [-0.15, -0.1) is 0 Å². The quantitative estimate of drug-likeness (QED) is 0.876. The maximum atomic E-state index is 13.1. The van der Waals surface area contributed by atoms with Gasteiger partial charge in [0.25, 0.3) is 0 Å². The smallest absolute Gasteiger partial charge is 0.339 e. The van der Waals surface area contributed by atoms with Gasteiger partial charge in [-0.2, -0.15) is 8.42 Å². The van der Waals surface area contributed by atoms with Crippen LogP contribution in [-0.4, -0.2) is 14.3 Å². The van der Waals surface area contributed by atoms with Crippen molar-refractivity contribution in [2.45, 2.75) is 11.8 Å². The number of benzene rings is 2. The molecule has 0 aliphatic rings. The van der Waals surface area contributed by atoms with Crippen LogP contribution in [0.5, 0.6) is 5.75 Å². The Morgan fingerprint density at radius 3 is 2.27 bits per heavy atom. The first kappa shape index (κ1) is 15.9. The molecule has 22 heavy (non-hydrogen) atoms. The van der Waals surface area contributed by atoms with Crippen molar-refractivity contribution in [2.75, 3.05) is 5.32 Å². The fourth-order valence-electron chi connectivity index (χ4n) is 1.67. The van der Waals surface area contributed by atoms with Crippen LogP contribution in [0.25, 0.3) is 0 Å². The summed E-state index contributed by atoms with van der Waals surface area (Å²) in [6, 6.07) is 7.61. The van der Waals surface area contributed by atoms with Crippen molar-refractivity contribution in [1.29, 1.82) is 0 Å². The van der Waals surface area contributed by atoms with Gasteiger partial charge in [-0.1, -0.05) is 12.1 Å². The summed E-state index contributed by atoms with van der Waals surface area (Å²) in [7, 11) is -4.45. The molecule has 0 aliphatic carbocycles. The van der Waals surface area contributed by atoms with Gasteiger partial charge in [-0.25, -0.2) is 8.78 Å². The molecule has 8 heteroatoms. The van der Waals surface area contributed by atoms with Gasteiger partial charge in [0.1, 0.15) is 16.5 Å². The Balaban J connectivity index is 2.39. The Bertz CT molecular complexity index is 801. The van der Waals surface area contributed by atoms with Crippen molar-refractivity contribution in [3.63, 3.8) is 0 Å². The topological polar surface area (TPSA) is 72.5 Å². The van der Waals surface area contributed by atoms with Gasteiger partial charge in [0, 0.05) is 13.0 Å². The lowest BCUT2D eigenvalue weighted by atomic mass is 10.3. The molecule has 0 spiro atoms. The van der Waals surface area contributed by atoms with Crippen molar-refractivity contribution in [1.82, 2.24) is 0 Å². The molecule has 0 unspecified atom stereocenters. The number of hydrogen-bond acceptors (Lipinski definition) is 4. The first-order valence-electron chi connectivity index (χ1n) is 6.05. The lowest BCUT2D eigenvalue weighted by Gasteiger charge is -2.11. The van der Waals surface area contributed by atoms with Gasteiger partial charge in [-0.05, 0) is 24.3 Å². The summed E-state index contributed by atoms with van der Waals surface area (Å²) in [5, 5.41) is 2.39. The van der Waals surface area contributed by atoms with Crippen molar-refractivity contribution >= 4 is 21.7 Å². The Hall–Kier alpha value is -2.48. The van der Waals surface area contributed by atoms with Gasteiger partial charge in [0.05, 0.1) is 5.69 Å². The van der Waals surface area contributed by atoms with Gasteiger partial charge in [0.2, 0.25) is 5.91 Å². The minimum atomic E-state index is -4.45. The Kier molecular flexibility index (Phi) is 4.41. The van der Waals surface area contributed by atoms with Crippen LogP contribution < -0.4 is 9.50 Å². The van der Waals surface area contributed by atoms with E-state index in [1.54, 1.807) is 6.07 Å². The van der Waals surface area contributed by atoms with Gasteiger partial charge >= 0.3 is 10.1 Å². The summed E-state index contributed by atoms with van der Waals surface area (Å²) in [6.07, 6.45) is 0. The molecular formula is C14H11F2NO4S. The molecule has 1 amide bonds. The third-order valence-electron chi connectivity index (χ3n) is 2.52. The average Bonchev–Trinajstić information content (AvgIpc) is 2.39. The number of carbonyl (C=O) groups excluding carboxylic acids is 1. The number of halogens is 2. The zero-order valence-electron chi connectivity index (χ0n) is 11.3. The molecule has 0 heterocycles. The number of rotatable bonds is 4. The molecule has 0 bridgehead atoms. The highest BCUT2D eigenvalue weighted by Gasteiger charge is 2.20. The first-order valence-corrected chi connectivity index (χ1v) is 7.46. The predicted octanol–water partition coefficient (Wildman–Crippen LogP) is 2.69. The second-order valence-corrected chi connectivity index (χ2v) is 5.87. The zero-order valence-corrected chi connectivity index (χ0v) is 12.2. The zero-order chi connectivity index (χ0) is 16.3. The third kappa shape index (κ3) is 3.79. The van der Waals surface area contributed by atoms with E-state index in [1.165, 1.54) is 25.1 Å². The lowest BCUT2D eigenvalue weighted by Crippen LogP contribution is -2.13. The van der Waals surface area contributed by atoms with Crippen LogP contribution in [0.1, 0.15) is 6.92 Å². The van der Waals surface area contributed by atoms with E-state index in [1.807, 2.05) is 0 Å². The number of carbonyl (C=O) groups is 1. The summed E-state index contributed by atoms with van der Waals surface area (Å²) >= 11 is 0. The van der Waals surface area contributed by atoms with Gasteiger partial charge < -0.3 is 9.50 Å². The molecule has 0 aromatic heterocycles. The second kappa shape index (κ2) is 6.10. The SMILES string of the molecule is CC(=O)Nc1ccccc1OS(=O)(=O)c1cc(F)cc(F)c1. The number of amides is 1. The fourth-order valence-corrected chi connectivity index (χ4v) is 2.66. The monoisotopic (exact) mass is 327 g/mol. The Morgan fingerprint density at radius 2 is 1.68 bits per heavy atom. The standard InChI is InChI=1S/C14H11F2NO4S/c1-9(18)17-13-4-2-3-5-14(13)21-22(19,20)12-7-10(15)6-11(16)8-12/h2-8H,1H3,(H,17,18). The summed E-state index contributed by atoms with van der Waals surface area (Å²) in [5.74, 6) is -2.68. The summed E-state index contributed by atoms with van der Waals surface area (Å²) in [4.78, 5) is 10.4. The van der Waals surface area contributed by atoms with E-state index in [-0.39, 0.29) is 11.4 Å². The highest BCUT2D eigenvalue weighted by Crippen LogP contribution is 2.27. The maximum absolute atomic E-state index is 13.1. The molecule has 2 aromatic carbocycles. The Morgan fingerprint density at radius 1 is 1.09 bits per heavy atom. The van der Waals surface area contributed by atoms with Crippen LogP contribution in [0.3, 0.4) is 0 Å². The maximum Gasteiger partial charge on any atom is 0.339 e. The minimum absolute atomic E-state index is 0.121.